The number of hydrogen-bond donors (Lipinski definition) is 3. The molecule has 1 aromatic carbocycles. The van der Waals surface area contributed by atoms with Crippen LogP contribution in [0.2, 0.25) is 0 Å². The number of rotatable bonds is 8. The van der Waals surface area contributed by atoms with E-state index < -0.39 is 0 Å². The summed E-state index contributed by atoms with van der Waals surface area (Å²) < 4.78 is 13.9. The van der Waals surface area contributed by atoms with Crippen molar-refractivity contribution in [2.75, 3.05) is 19.6 Å². The number of likely N-dealkylation sites (N-methyl/N-ethyl adjacent to an activating group) is 1. The SMILES string of the molecule is CCN(CC)CC(C)NCc1ccc(C(N)=NO)cc1F. The lowest BCUT2D eigenvalue weighted by atomic mass is 10.1. The molecule has 118 valence electrons. The van der Waals surface area contributed by atoms with Crippen molar-refractivity contribution in [3.63, 3.8) is 0 Å². The Bertz CT molecular complexity index is 475. The van der Waals surface area contributed by atoms with Crippen molar-refractivity contribution in [1.82, 2.24) is 10.2 Å². The first-order valence-electron chi connectivity index (χ1n) is 7.23. The second-order valence-electron chi connectivity index (χ2n) is 5.06. The maximum absolute atomic E-state index is 13.9. The number of benzene rings is 1. The van der Waals surface area contributed by atoms with Crippen LogP contribution < -0.4 is 11.1 Å². The first kappa shape index (κ1) is 17.4. The fraction of sp³-hybridized carbons (Fsp3) is 0.533. The molecule has 0 aromatic heterocycles. The Kier molecular flexibility index (Phi) is 7.11. The van der Waals surface area contributed by atoms with E-state index in [0.29, 0.717) is 17.7 Å². The molecule has 1 atom stereocenters. The van der Waals surface area contributed by atoms with Gasteiger partial charge in [0.15, 0.2) is 5.84 Å². The summed E-state index contributed by atoms with van der Waals surface area (Å²) in [7, 11) is 0. The molecule has 4 N–H and O–H groups in total. The van der Waals surface area contributed by atoms with Crippen LogP contribution in [0.1, 0.15) is 31.9 Å². The van der Waals surface area contributed by atoms with E-state index in [4.69, 9.17) is 10.9 Å². The Hall–Kier alpha value is -1.66. The molecule has 0 heterocycles. The molecule has 0 aliphatic rings. The summed E-state index contributed by atoms with van der Waals surface area (Å²) in [5, 5.41) is 14.7. The molecule has 0 amide bonds. The van der Waals surface area contributed by atoms with E-state index in [0.717, 1.165) is 19.6 Å². The standard InChI is InChI=1S/C15H25FN4O/c1-4-20(5-2)10-11(3)18-9-13-7-6-12(8-14(13)16)15(17)19-21/h6-8,11,18,21H,4-5,9-10H2,1-3H3,(H2,17,19). The molecule has 0 bridgehead atoms. The fourth-order valence-corrected chi connectivity index (χ4v) is 2.13. The largest absolute Gasteiger partial charge is 0.409 e. The van der Waals surface area contributed by atoms with Crippen molar-refractivity contribution in [3.05, 3.63) is 35.1 Å². The summed E-state index contributed by atoms with van der Waals surface area (Å²) in [6.07, 6.45) is 0. The van der Waals surface area contributed by atoms with Gasteiger partial charge in [0, 0.05) is 30.3 Å². The Labute approximate surface area is 125 Å². The van der Waals surface area contributed by atoms with Gasteiger partial charge in [-0.25, -0.2) is 4.39 Å². The summed E-state index contributed by atoms with van der Waals surface area (Å²) in [4.78, 5) is 2.32. The molecule has 1 aromatic rings. The quantitative estimate of drug-likeness (QED) is 0.296. The predicted molar refractivity (Wildman–Crippen MR) is 83.0 cm³/mol. The van der Waals surface area contributed by atoms with E-state index in [1.165, 1.54) is 6.07 Å². The zero-order valence-corrected chi connectivity index (χ0v) is 12.9. The van der Waals surface area contributed by atoms with Crippen molar-refractivity contribution in [1.29, 1.82) is 0 Å². The minimum Gasteiger partial charge on any atom is -0.409 e. The molecule has 1 unspecified atom stereocenters. The Morgan fingerprint density at radius 3 is 2.62 bits per heavy atom. The van der Waals surface area contributed by atoms with Crippen LogP contribution in [0.25, 0.3) is 0 Å². The number of nitrogens with zero attached hydrogens (tertiary/aromatic N) is 2. The van der Waals surface area contributed by atoms with Crippen molar-refractivity contribution in [2.45, 2.75) is 33.4 Å². The summed E-state index contributed by atoms with van der Waals surface area (Å²) in [5.41, 5.74) is 6.37. The van der Waals surface area contributed by atoms with Crippen molar-refractivity contribution < 1.29 is 9.60 Å². The van der Waals surface area contributed by atoms with Gasteiger partial charge in [-0.1, -0.05) is 31.1 Å². The van der Waals surface area contributed by atoms with Gasteiger partial charge >= 0.3 is 0 Å². The number of nitrogens with two attached hydrogens (primary N) is 1. The maximum Gasteiger partial charge on any atom is 0.170 e. The molecule has 0 radical (unpaired) electrons. The van der Waals surface area contributed by atoms with Gasteiger partial charge in [0.1, 0.15) is 5.82 Å². The lowest BCUT2D eigenvalue weighted by Crippen LogP contribution is -2.38. The third kappa shape index (κ3) is 5.32. The Morgan fingerprint density at radius 2 is 2.10 bits per heavy atom. The van der Waals surface area contributed by atoms with Crippen LogP contribution in [0.15, 0.2) is 23.4 Å². The van der Waals surface area contributed by atoms with Crippen LogP contribution in [0.3, 0.4) is 0 Å². The highest BCUT2D eigenvalue weighted by Gasteiger charge is 2.10. The molecule has 6 heteroatoms. The Morgan fingerprint density at radius 1 is 1.43 bits per heavy atom. The highest BCUT2D eigenvalue weighted by Crippen LogP contribution is 2.10. The van der Waals surface area contributed by atoms with Crippen LogP contribution in [0.4, 0.5) is 4.39 Å². The topological polar surface area (TPSA) is 73.9 Å². The third-order valence-corrected chi connectivity index (χ3v) is 3.52. The van der Waals surface area contributed by atoms with E-state index in [1.54, 1.807) is 12.1 Å². The van der Waals surface area contributed by atoms with Crippen LogP contribution in [0, 0.1) is 5.82 Å². The molecule has 0 spiro atoms. The van der Waals surface area contributed by atoms with E-state index in [-0.39, 0.29) is 17.7 Å². The lowest BCUT2D eigenvalue weighted by molar-refractivity contribution is 0.270. The maximum atomic E-state index is 13.9. The molecule has 0 saturated heterocycles. The van der Waals surface area contributed by atoms with Gasteiger partial charge in [0.25, 0.3) is 0 Å². The van der Waals surface area contributed by atoms with Gasteiger partial charge in [-0.3, -0.25) is 0 Å². The molecule has 0 fully saturated rings. The van der Waals surface area contributed by atoms with Crippen molar-refractivity contribution in [2.24, 2.45) is 10.9 Å². The third-order valence-electron chi connectivity index (χ3n) is 3.52. The van der Waals surface area contributed by atoms with Crippen LogP contribution in [0.5, 0.6) is 0 Å². The molecule has 0 saturated carbocycles. The van der Waals surface area contributed by atoms with E-state index in [2.05, 4.69) is 36.1 Å². The first-order chi connectivity index (χ1) is 10.0. The average molecular weight is 296 g/mol. The van der Waals surface area contributed by atoms with Gasteiger partial charge in [0.2, 0.25) is 0 Å². The van der Waals surface area contributed by atoms with Gasteiger partial charge in [-0.2, -0.15) is 0 Å². The summed E-state index contributed by atoms with van der Waals surface area (Å²) in [6, 6.07) is 4.85. The minimum absolute atomic E-state index is 0.0942. The average Bonchev–Trinajstić information content (AvgIpc) is 2.50. The highest BCUT2D eigenvalue weighted by molar-refractivity contribution is 5.97. The van der Waals surface area contributed by atoms with Gasteiger partial charge in [0.05, 0.1) is 0 Å². The van der Waals surface area contributed by atoms with E-state index in [1.807, 2.05) is 0 Å². The van der Waals surface area contributed by atoms with Gasteiger partial charge in [-0.15, -0.1) is 0 Å². The molecule has 21 heavy (non-hydrogen) atoms. The fourth-order valence-electron chi connectivity index (χ4n) is 2.13. The molecule has 5 nitrogen and oxygen atoms in total. The zero-order valence-electron chi connectivity index (χ0n) is 12.9. The van der Waals surface area contributed by atoms with Gasteiger partial charge < -0.3 is 21.2 Å². The Balaban J connectivity index is 2.60. The summed E-state index contributed by atoms with van der Waals surface area (Å²) in [5.74, 6) is -0.454. The summed E-state index contributed by atoms with van der Waals surface area (Å²) in [6.45, 7) is 9.72. The van der Waals surface area contributed by atoms with Crippen LogP contribution >= 0.6 is 0 Å². The van der Waals surface area contributed by atoms with E-state index >= 15 is 0 Å². The van der Waals surface area contributed by atoms with Crippen molar-refractivity contribution in [3.8, 4) is 0 Å². The normalized spacial score (nSPS) is 13.7. The number of amidine groups is 1. The molecule has 0 aliphatic heterocycles. The van der Waals surface area contributed by atoms with Crippen molar-refractivity contribution >= 4 is 5.84 Å². The number of hydrogen-bond acceptors (Lipinski definition) is 4. The molecule has 1 rings (SSSR count). The minimum atomic E-state index is -0.360. The molecular weight excluding hydrogens is 271 g/mol. The molecule has 0 aliphatic carbocycles. The van der Waals surface area contributed by atoms with Crippen LogP contribution in [-0.4, -0.2) is 41.6 Å². The smallest absolute Gasteiger partial charge is 0.170 e. The monoisotopic (exact) mass is 296 g/mol. The van der Waals surface area contributed by atoms with Crippen LogP contribution in [-0.2, 0) is 6.54 Å². The predicted octanol–water partition coefficient (Wildman–Crippen LogP) is 1.74. The summed E-state index contributed by atoms with van der Waals surface area (Å²) >= 11 is 0. The number of halogens is 1. The number of oxime groups is 1. The zero-order chi connectivity index (χ0) is 15.8. The second kappa shape index (κ2) is 8.59. The first-order valence-corrected chi connectivity index (χ1v) is 7.23. The highest BCUT2D eigenvalue weighted by atomic mass is 19.1. The van der Waals surface area contributed by atoms with E-state index in [9.17, 15) is 4.39 Å². The lowest BCUT2D eigenvalue weighted by Gasteiger charge is -2.23. The second-order valence-corrected chi connectivity index (χ2v) is 5.06. The molecular formula is C15H25FN4O. The number of nitrogens with one attached hydrogen (secondary N) is 1. The van der Waals surface area contributed by atoms with Gasteiger partial charge in [-0.05, 0) is 26.1 Å².